The van der Waals surface area contributed by atoms with Crippen molar-refractivity contribution in [2.75, 3.05) is 26.7 Å². The Morgan fingerprint density at radius 1 is 1.60 bits per heavy atom. The Bertz CT molecular complexity index is 575. The monoisotopic (exact) mass is 341 g/mol. The molecule has 1 aliphatic rings. The molecular weight excluding hydrogens is 326 g/mol. The molecule has 1 saturated heterocycles. The van der Waals surface area contributed by atoms with E-state index in [0.29, 0.717) is 19.6 Å². The third kappa shape index (κ3) is 3.29. The van der Waals surface area contributed by atoms with Crippen LogP contribution >= 0.6 is 23.7 Å². The molecule has 114 valence electrons. The van der Waals surface area contributed by atoms with Gasteiger partial charge >= 0.3 is 5.97 Å². The fourth-order valence-corrected chi connectivity index (χ4v) is 4.68. The number of sulfonamides is 1. The summed E-state index contributed by atoms with van der Waals surface area (Å²) in [6, 6.07) is 0.0815. The molecule has 1 unspecified atom stereocenters. The topological polar surface area (TPSA) is 88.6 Å². The first-order valence-corrected chi connectivity index (χ1v) is 8.04. The van der Waals surface area contributed by atoms with Gasteiger partial charge in [0.25, 0.3) is 10.0 Å². The number of hydrogen-bond donors (Lipinski definition) is 1. The Balaban J connectivity index is 0.00000200. The lowest BCUT2D eigenvalue weighted by molar-refractivity contribution is 0.0590. The first-order valence-electron chi connectivity index (χ1n) is 5.72. The van der Waals surface area contributed by atoms with Crippen LogP contribution < -0.4 is 5.32 Å². The van der Waals surface area contributed by atoms with Crippen LogP contribution in [-0.4, -0.2) is 56.5 Å². The standard InChI is InChI=1S/C10H15N3O4S2.ClH/c1-7-5-13(4-3-11-7)19(15,16)10-8(9(14)17-2)12-6-18-10;/h6-7,11H,3-5H2,1-2H3;1H. The van der Waals surface area contributed by atoms with Crippen LogP contribution in [0.3, 0.4) is 0 Å². The van der Waals surface area contributed by atoms with Gasteiger partial charge in [-0.1, -0.05) is 0 Å². The van der Waals surface area contributed by atoms with Gasteiger partial charge in [0.05, 0.1) is 12.6 Å². The zero-order valence-corrected chi connectivity index (χ0v) is 13.5. The van der Waals surface area contributed by atoms with Crippen LogP contribution in [-0.2, 0) is 14.8 Å². The van der Waals surface area contributed by atoms with Crippen molar-refractivity contribution in [3.05, 3.63) is 11.2 Å². The number of nitrogens with zero attached hydrogens (tertiary/aromatic N) is 2. The van der Waals surface area contributed by atoms with Crippen LogP contribution in [0.25, 0.3) is 0 Å². The smallest absolute Gasteiger partial charge is 0.358 e. The summed E-state index contributed by atoms with van der Waals surface area (Å²) in [6.07, 6.45) is 0. The summed E-state index contributed by atoms with van der Waals surface area (Å²) in [5.74, 6) is -0.733. The first kappa shape index (κ1) is 17.3. The number of methoxy groups -OCH3 is 1. The number of carbonyl (C=O) groups is 1. The number of nitrogens with one attached hydrogen (secondary N) is 1. The van der Waals surface area contributed by atoms with Gasteiger partial charge in [-0.3, -0.25) is 0 Å². The minimum atomic E-state index is -3.69. The third-order valence-electron chi connectivity index (χ3n) is 2.82. The quantitative estimate of drug-likeness (QED) is 0.797. The van der Waals surface area contributed by atoms with Crippen LogP contribution in [0.1, 0.15) is 17.4 Å². The van der Waals surface area contributed by atoms with Crippen LogP contribution in [0.15, 0.2) is 9.72 Å². The molecule has 2 rings (SSSR count). The van der Waals surface area contributed by atoms with Crippen LogP contribution in [0.2, 0.25) is 0 Å². The molecule has 0 aromatic carbocycles. The number of rotatable bonds is 3. The predicted octanol–water partition coefficient (Wildman–Crippen LogP) is 0.334. The SMILES string of the molecule is COC(=O)c1ncsc1S(=O)(=O)N1CCNC(C)C1.Cl. The maximum atomic E-state index is 12.5. The molecule has 0 saturated carbocycles. The van der Waals surface area contributed by atoms with Crippen LogP contribution in [0.5, 0.6) is 0 Å². The van der Waals surface area contributed by atoms with E-state index in [0.717, 1.165) is 11.3 Å². The van der Waals surface area contributed by atoms with Crippen molar-refractivity contribution >= 4 is 39.7 Å². The predicted molar refractivity (Wildman–Crippen MR) is 76.9 cm³/mol. The van der Waals surface area contributed by atoms with Crippen molar-refractivity contribution in [3.63, 3.8) is 0 Å². The number of ether oxygens (including phenoxy) is 1. The van der Waals surface area contributed by atoms with Gasteiger partial charge in [0.2, 0.25) is 0 Å². The van der Waals surface area contributed by atoms with Gasteiger partial charge in [0.1, 0.15) is 0 Å². The Hall–Kier alpha value is -0.740. The van der Waals surface area contributed by atoms with E-state index in [1.807, 2.05) is 6.92 Å². The van der Waals surface area contributed by atoms with Crippen molar-refractivity contribution < 1.29 is 17.9 Å². The number of aromatic nitrogens is 1. The summed E-state index contributed by atoms with van der Waals surface area (Å²) in [7, 11) is -2.49. The summed E-state index contributed by atoms with van der Waals surface area (Å²) in [6.45, 7) is 3.26. The van der Waals surface area contributed by atoms with Crippen molar-refractivity contribution in [2.45, 2.75) is 17.2 Å². The second kappa shape index (κ2) is 6.81. The molecule has 0 spiro atoms. The van der Waals surface area contributed by atoms with E-state index in [9.17, 15) is 13.2 Å². The average molecular weight is 342 g/mol. The summed E-state index contributed by atoms with van der Waals surface area (Å²) in [4.78, 5) is 15.3. The van der Waals surface area contributed by atoms with E-state index >= 15 is 0 Å². The zero-order chi connectivity index (χ0) is 14.0. The van der Waals surface area contributed by atoms with E-state index in [-0.39, 0.29) is 28.4 Å². The third-order valence-corrected chi connectivity index (χ3v) is 6.03. The maximum Gasteiger partial charge on any atom is 0.358 e. The van der Waals surface area contributed by atoms with Gasteiger partial charge in [-0.05, 0) is 6.92 Å². The minimum absolute atomic E-state index is 0. The van der Waals surface area contributed by atoms with E-state index in [1.54, 1.807) is 0 Å². The highest BCUT2D eigenvalue weighted by Gasteiger charge is 2.34. The van der Waals surface area contributed by atoms with Gasteiger partial charge < -0.3 is 10.1 Å². The second-order valence-electron chi connectivity index (χ2n) is 4.20. The number of hydrogen-bond acceptors (Lipinski definition) is 7. The lowest BCUT2D eigenvalue weighted by Gasteiger charge is -2.30. The minimum Gasteiger partial charge on any atom is -0.464 e. The fraction of sp³-hybridized carbons (Fsp3) is 0.600. The molecule has 20 heavy (non-hydrogen) atoms. The van der Waals surface area contributed by atoms with Crippen LogP contribution in [0.4, 0.5) is 0 Å². The molecule has 1 aliphatic heterocycles. The van der Waals surface area contributed by atoms with E-state index in [1.165, 1.54) is 16.9 Å². The Labute approximate surface area is 127 Å². The molecule has 2 heterocycles. The zero-order valence-electron chi connectivity index (χ0n) is 11.0. The van der Waals surface area contributed by atoms with E-state index in [2.05, 4.69) is 15.0 Å². The molecule has 10 heteroatoms. The molecule has 0 bridgehead atoms. The Kier molecular flexibility index (Phi) is 5.90. The lowest BCUT2D eigenvalue weighted by atomic mass is 10.3. The highest BCUT2D eigenvalue weighted by atomic mass is 35.5. The molecule has 0 amide bonds. The molecule has 1 atom stereocenters. The number of halogens is 1. The van der Waals surface area contributed by atoms with E-state index in [4.69, 9.17) is 0 Å². The van der Waals surface area contributed by atoms with Crippen molar-refractivity contribution in [1.29, 1.82) is 0 Å². The van der Waals surface area contributed by atoms with Crippen molar-refractivity contribution in [2.24, 2.45) is 0 Å². The Morgan fingerprint density at radius 2 is 2.30 bits per heavy atom. The molecule has 0 aliphatic carbocycles. The van der Waals surface area contributed by atoms with Crippen molar-refractivity contribution in [1.82, 2.24) is 14.6 Å². The largest absolute Gasteiger partial charge is 0.464 e. The summed E-state index contributed by atoms with van der Waals surface area (Å²) in [5.41, 5.74) is 1.20. The molecule has 1 aromatic rings. The van der Waals surface area contributed by atoms with Gasteiger partial charge in [-0.25, -0.2) is 18.2 Å². The lowest BCUT2D eigenvalue weighted by Crippen LogP contribution is -2.51. The second-order valence-corrected chi connectivity index (χ2v) is 7.19. The number of esters is 1. The Morgan fingerprint density at radius 3 is 2.90 bits per heavy atom. The average Bonchev–Trinajstić information content (AvgIpc) is 2.87. The molecule has 1 N–H and O–H groups in total. The highest BCUT2D eigenvalue weighted by molar-refractivity contribution is 7.91. The molecule has 7 nitrogen and oxygen atoms in total. The molecule has 0 radical (unpaired) electrons. The van der Waals surface area contributed by atoms with Gasteiger partial charge in [-0.2, -0.15) is 4.31 Å². The maximum absolute atomic E-state index is 12.5. The summed E-state index contributed by atoms with van der Waals surface area (Å²) in [5, 5.41) is 3.17. The number of piperazine rings is 1. The molecule has 1 fully saturated rings. The van der Waals surface area contributed by atoms with Gasteiger partial charge in [-0.15, -0.1) is 23.7 Å². The van der Waals surface area contributed by atoms with Crippen molar-refractivity contribution in [3.8, 4) is 0 Å². The summed E-state index contributed by atoms with van der Waals surface area (Å²) >= 11 is 0.933. The highest BCUT2D eigenvalue weighted by Crippen LogP contribution is 2.25. The normalized spacial score (nSPS) is 20.2. The summed E-state index contributed by atoms with van der Waals surface area (Å²) < 4.78 is 30.9. The number of carbonyl (C=O) groups excluding carboxylic acids is 1. The first-order chi connectivity index (χ1) is 8.96. The number of thiazole rings is 1. The van der Waals surface area contributed by atoms with Crippen LogP contribution in [0, 0.1) is 0 Å². The van der Waals surface area contributed by atoms with Gasteiger partial charge in [0, 0.05) is 25.7 Å². The fourth-order valence-electron chi connectivity index (χ4n) is 1.88. The van der Waals surface area contributed by atoms with E-state index < -0.39 is 16.0 Å². The van der Waals surface area contributed by atoms with Gasteiger partial charge in [0.15, 0.2) is 9.90 Å². The molecule has 1 aromatic heterocycles. The molecular formula is C10H16ClN3O4S2.